The molecule has 0 radical (unpaired) electrons. The average Bonchev–Trinajstić information content (AvgIpc) is 3.02. The maximum absolute atomic E-state index is 12.6. The molecule has 0 saturated carbocycles. The van der Waals surface area contributed by atoms with E-state index in [1.165, 1.54) is 23.1 Å². The first-order valence-corrected chi connectivity index (χ1v) is 7.06. The van der Waals surface area contributed by atoms with Crippen LogP contribution >= 0.6 is 0 Å². The molecule has 2 aromatic heterocycles. The number of amides is 1. The summed E-state index contributed by atoms with van der Waals surface area (Å²) in [5, 5.41) is 2.47. The Morgan fingerprint density at radius 3 is 2.61 bits per heavy atom. The van der Waals surface area contributed by atoms with Crippen molar-refractivity contribution in [3.05, 3.63) is 76.2 Å². The lowest BCUT2D eigenvalue weighted by atomic mass is 10.1. The quantitative estimate of drug-likeness (QED) is 0.807. The fourth-order valence-electron chi connectivity index (χ4n) is 2.37. The van der Waals surface area contributed by atoms with Crippen molar-refractivity contribution in [3.63, 3.8) is 0 Å². The van der Waals surface area contributed by atoms with E-state index < -0.39 is 11.5 Å². The Morgan fingerprint density at radius 2 is 1.96 bits per heavy atom. The van der Waals surface area contributed by atoms with E-state index in [1.54, 1.807) is 12.3 Å². The lowest BCUT2D eigenvalue weighted by Gasteiger charge is -2.09. The number of anilines is 1. The molecule has 0 atom stereocenters. The predicted octanol–water partition coefficient (Wildman–Crippen LogP) is 2.69. The Kier molecular flexibility index (Phi) is 3.80. The van der Waals surface area contributed by atoms with Crippen molar-refractivity contribution in [2.24, 2.45) is 0 Å². The number of benzene rings is 1. The van der Waals surface area contributed by atoms with Crippen LogP contribution in [0.1, 0.15) is 21.7 Å². The van der Waals surface area contributed by atoms with E-state index in [2.05, 4.69) is 10.3 Å². The SMILES string of the molecule is Cc1cc(C)cc(-n2ccnc(NC(=O)c3ccco3)c2=O)c1. The summed E-state index contributed by atoms with van der Waals surface area (Å²) >= 11 is 0. The summed E-state index contributed by atoms with van der Waals surface area (Å²) in [7, 11) is 0. The number of nitrogens with one attached hydrogen (secondary N) is 1. The highest BCUT2D eigenvalue weighted by Gasteiger charge is 2.13. The van der Waals surface area contributed by atoms with E-state index >= 15 is 0 Å². The van der Waals surface area contributed by atoms with Crippen molar-refractivity contribution in [2.45, 2.75) is 13.8 Å². The second-order valence-electron chi connectivity index (χ2n) is 5.23. The number of rotatable bonds is 3. The zero-order chi connectivity index (χ0) is 16.4. The van der Waals surface area contributed by atoms with Gasteiger partial charge in [-0.05, 0) is 49.2 Å². The van der Waals surface area contributed by atoms with Gasteiger partial charge in [0.2, 0.25) is 0 Å². The minimum atomic E-state index is -0.516. The Hall–Kier alpha value is -3.15. The van der Waals surface area contributed by atoms with Gasteiger partial charge in [0.15, 0.2) is 11.6 Å². The van der Waals surface area contributed by atoms with Gasteiger partial charge in [-0.2, -0.15) is 0 Å². The highest BCUT2D eigenvalue weighted by Crippen LogP contribution is 2.12. The topological polar surface area (TPSA) is 77.1 Å². The third-order valence-corrected chi connectivity index (χ3v) is 3.30. The molecule has 0 saturated heterocycles. The largest absolute Gasteiger partial charge is 0.459 e. The van der Waals surface area contributed by atoms with E-state index in [9.17, 15) is 9.59 Å². The molecule has 0 bridgehead atoms. The molecular formula is C17H15N3O3. The molecule has 0 spiro atoms. The van der Waals surface area contributed by atoms with E-state index in [4.69, 9.17) is 4.42 Å². The predicted molar refractivity (Wildman–Crippen MR) is 86.0 cm³/mol. The number of hydrogen-bond acceptors (Lipinski definition) is 4. The summed E-state index contributed by atoms with van der Waals surface area (Å²) in [4.78, 5) is 28.5. The molecule has 0 aliphatic heterocycles. The summed E-state index contributed by atoms with van der Waals surface area (Å²) < 4.78 is 6.45. The Bertz CT molecular complexity index is 891. The van der Waals surface area contributed by atoms with Crippen LogP contribution < -0.4 is 10.9 Å². The Morgan fingerprint density at radius 1 is 1.22 bits per heavy atom. The van der Waals surface area contributed by atoms with Crippen LogP contribution in [-0.2, 0) is 0 Å². The zero-order valence-corrected chi connectivity index (χ0v) is 12.7. The average molecular weight is 309 g/mol. The maximum Gasteiger partial charge on any atom is 0.298 e. The molecule has 0 aliphatic rings. The van der Waals surface area contributed by atoms with Crippen LogP contribution in [0.4, 0.5) is 5.82 Å². The number of aromatic nitrogens is 2. The fourth-order valence-corrected chi connectivity index (χ4v) is 2.37. The molecule has 1 amide bonds. The van der Waals surface area contributed by atoms with Gasteiger partial charge in [-0.15, -0.1) is 0 Å². The van der Waals surface area contributed by atoms with Crippen molar-refractivity contribution in [2.75, 3.05) is 5.32 Å². The van der Waals surface area contributed by atoms with Crippen molar-refractivity contribution in [1.82, 2.24) is 9.55 Å². The monoisotopic (exact) mass is 309 g/mol. The van der Waals surface area contributed by atoms with Gasteiger partial charge in [0.1, 0.15) is 0 Å². The maximum atomic E-state index is 12.6. The number of furan rings is 1. The third-order valence-electron chi connectivity index (χ3n) is 3.30. The van der Waals surface area contributed by atoms with Gasteiger partial charge >= 0.3 is 0 Å². The van der Waals surface area contributed by atoms with E-state index in [1.807, 2.05) is 32.0 Å². The lowest BCUT2D eigenvalue weighted by molar-refractivity contribution is 0.0996. The van der Waals surface area contributed by atoms with E-state index in [0.717, 1.165) is 16.8 Å². The number of aryl methyl sites for hydroxylation is 2. The van der Waals surface area contributed by atoms with Crippen LogP contribution in [0.2, 0.25) is 0 Å². The van der Waals surface area contributed by atoms with E-state index in [-0.39, 0.29) is 11.6 Å². The summed E-state index contributed by atoms with van der Waals surface area (Å²) in [5.41, 5.74) is 2.41. The van der Waals surface area contributed by atoms with Crippen molar-refractivity contribution in [3.8, 4) is 5.69 Å². The Balaban J connectivity index is 1.98. The molecule has 3 aromatic rings. The molecule has 0 fully saturated rings. The van der Waals surface area contributed by atoms with E-state index in [0.29, 0.717) is 0 Å². The van der Waals surface area contributed by atoms with Gasteiger partial charge in [-0.1, -0.05) is 6.07 Å². The third kappa shape index (κ3) is 3.06. The molecule has 6 nitrogen and oxygen atoms in total. The minimum absolute atomic E-state index is 0.0481. The normalized spacial score (nSPS) is 10.5. The molecule has 0 aliphatic carbocycles. The van der Waals surface area contributed by atoms with Crippen LogP contribution in [0.15, 0.2) is 58.2 Å². The molecular weight excluding hydrogens is 294 g/mol. The van der Waals surface area contributed by atoms with Crippen molar-refractivity contribution in [1.29, 1.82) is 0 Å². The second-order valence-corrected chi connectivity index (χ2v) is 5.23. The van der Waals surface area contributed by atoms with Gasteiger partial charge in [0.25, 0.3) is 11.5 Å². The summed E-state index contributed by atoms with van der Waals surface area (Å²) in [6.07, 6.45) is 4.43. The summed E-state index contributed by atoms with van der Waals surface area (Å²) in [6.45, 7) is 3.92. The molecule has 6 heteroatoms. The van der Waals surface area contributed by atoms with Crippen LogP contribution in [0.3, 0.4) is 0 Å². The number of carbonyl (C=O) groups excluding carboxylic acids is 1. The minimum Gasteiger partial charge on any atom is -0.459 e. The molecule has 3 rings (SSSR count). The van der Waals surface area contributed by atoms with Crippen LogP contribution in [0, 0.1) is 13.8 Å². The van der Waals surface area contributed by atoms with Gasteiger partial charge in [-0.3, -0.25) is 19.5 Å². The second kappa shape index (κ2) is 5.92. The van der Waals surface area contributed by atoms with Gasteiger partial charge in [0, 0.05) is 18.1 Å². The van der Waals surface area contributed by atoms with Crippen LogP contribution in [0.25, 0.3) is 5.69 Å². The molecule has 0 unspecified atom stereocenters. The van der Waals surface area contributed by atoms with Gasteiger partial charge in [-0.25, -0.2) is 4.98 Å². The molecule has 116 valence electrons. The highest BCUT2D eigenvalue weighted by molar-refractivity contribution is 6.01. The molecule has 1 aromatic carbocycles. The molecule has 2 heterocycles. The number of hydrogen-bond donors (Lipinski definition) is 1. The first-order chi connectivity index (χ1) is 11.0. The number of carbonyl (C=O) groups is 1. The fraction of sp³-hybridized carbons (Fsp3) is 0.118. The standard InChI is InChI=1S/C17H15N3O3/c1-11-8-12(2)10-13(9-11)20-6-5-18-15(17(20)22)19-16(21)14-4-3-7-23-14/h3-10H,1-2H3,(H,18,19,21). The first kappa shape index (κ1) is 14.8. The van der Waals surface area contributed by atoms with Gasteiger partial charge in [0.05, 0.1) is 6.26 Å². The smallest absolute Gasteiger partial charge is 0.298 e. The first-order valence-electron chi connectivity index (χ1n) is 7.06. The lowest BCUT2D eigenvalue weighted by Crippen LogP contribution is -2.26. The highest BCUT2D eigenvalue weighted by atomic mass is 16.3. The van der Waals surface area contributed by atoms with Crippen molar-refractivity contribution >= 4 is 11.7 Å². The zero-order valence-electron chi connectivity index (χ0n) is 12.7. The molecule has 1 N–H and O–H groups in total. The summed E-state index contributed by atoms with van der Waals surface area (Å²) in [6, 6.07) is 8.93. The van der Waals surface area contributed by atoms with Gasteiger partial charge < -0.3 is 4.42 Å². The van der Waals surface area contributed by atoms with Crippen LogP contribution in [-0.4, -0.2) is 15.5 Å². The Labute approximate surface area is 132 Å². The molecule has 23 heavy (non-hydrogen) atoms. The van der Waals surface area contributed by atoms with Crippen molar-refractivity contribution < 1.29 is 9.21 Å². The summed E-state index contributed by atoms with van der Waals surface area (Å²) in [5.74, 6) is -0.446. The van der Waals surface area contributed by atoms with Crippen LogP contribution in [0.5, 0.6) is 0 Å². The number of nitrogens with zero attached hydrogens (tertiary/aromatic N) is 2.